The molecular formula is C23H29N5OS. The largest absolute Gasteiger partial charge is 0.346 e. The molecule has 0 radical (unpaired) electrons. The van der Waals surface area contributed by atoms with Crippen molar-refractivity contribution in [1.82, 2.24) is 19.7 Å². The first-order valence-electron chi connectivity index (χ1n) is 11.1. The molecule has 5 rings (SSSR count). The third kappa shape index (κ3) is 3.60. The molecule has 1 aliphatic carbocycles. The molecule has 0 N–H and O–H groups in total. The second kappa shape index (κ2) is 8.02. The summed E-state index contributed by atoms with van der Waals surface area (Å²) in [6.45, 7) is 7.61. The highest BCUT2D eigenvalue weighted by Gasteiger charge is 2.29. The summed E-state index contributed by atoms with van der Waals surface area (Å²) >= 11 is 1.72. The summed E-state index contributed by atoms with van der Waals surface area (Å²) in [6, 6.07) is 8.41. The van der Waals surface area contributed by atoms with E-state index in [1.54, 1.807) is 11.3 Å². The maximum Gasteiger partial charge on any atom is 0.225 e. The lowest BCUT2D eigenvalue weighted by molar-refractivity contribution is -0.135. The average Bonchev–Trinajstić information content (AvgIpc) is 3.44. The number of anilines is 1. The van der Waals surface area contributed by atoms with E-state index in [9.17, 15) is 4.79 Å². The third-order valence-corrected chi connectivity index (χ3v) is 7.65. The molecule has 0 bridgehead atoms. The zero-order chi connectivity index (χ0) is 20.7. The van der Waals surface area contributed by atoms with E-state index >= 15 is 0 Å². The van der Waals surface area contributed by atoms with Gasteiger partial charge in [0.15, 0.2) is 10.8 Å². The van der Waals surface area contributed by atoms with E-state index < -0.39 is 0 Å². The van der Waals surface area contributed by atoms with E-state index in [0.29, 0.717) is 5.91 Å². The van der Waals surface area contributed by atoms with Gasteiger partial charge in [-0.1, -0.05) is 41.9 Å². The Morgan fingerprint density at radius 3 is 2.53 bits per heavy atom. The van der Waals surface area contributed by atoms with Crippen molar-refractivity contribution >= 4 is 32.7 Å². The second-order valence-electron chi connectivity index (χ2n) is 8.63. The van der Waals surface area contributed by atoms with Gasteiger partial charge in [0.25, 0.3) is 0 Å². The van der Waals surface area contributed by atoms with Gasteiger partial charge in [-0.25, -0.2) is 4.68 Å². The van der Waals surface area contributed by atoms with Gasteiger partial charge < -0.3 is 9.80 Å². The van der Waals surface area contributed by atoms with Crippen LogP contribution in [-0.4, -0.2) is 51.8 Å². The van der Waals surface area contributed by atoms with Crippen molar-refractivity contribution in [3.05, 3.63) is 35.5 Å². The Labute approximate surface area is 181 Å². The highest BCUT2D eigenvalue weighted by molar-refractivity contribution is 7.22. The van der Waals surface area contributed by atoms with Gasteiger partial charge in [0.2, 0.25) is 5.91 Å². The molecule has 6 nitrogen and oxygen atoms in total. The number of carbonyl (C=O) groups is 1. The standard InChI is InChI=1S/C23H29N5OS/c1-16-8-10-19(11-9-16)28-21-20(17(2)25-28)30-23(24-21)27-13-5-12-26(14-15-27)22(29)18-6-3-4-7-18/h8-11,18H,3-7,12-15H2,1-2H3. The molecule has 30 heavy (non-hydrogen) atoms. The van der Waals surface area contributed by atoms with Crippen LogP contribution in [0.5, 0.6) is 0 Å². The van der Waals surface area contributed by atoms with E-state index in [2.05, 4.69) is 47.9 Å². The molecule has 1 amide bonds. The van der Waals surface area contributed by atoms with Crippen molar-refractivity contribution in [2.24, 2.45) is 5.92 Å². The molecule has 0 atom stereocenters. The molecule has 1 saturated heterocycles. The molecule has 7 heteroatoms. The predicted octanol–water partition coefficient (Wildman–Crippen LogP) is 4.33. The molecule has 2 fully saturated rings. The summed E-state index contributed by atoms with van der Waals surface area (Å²) in [4.78, 5) is 22.3. The van der Waals surface area contributed by atoms with Crippen LogP contribution in [0.1, 0.15) is 43.4 Å². The van der Waals surface area contributed by atoms with Crippen LogP contribution in [0, 0.1) is 19.8 Å². The highest BCUT2D eigenvalue weighted by Crippen LogP contribution is 2.33. The van der Waals surface area contributed by atoms with Crippen LogP contribution in [0.2, 0.25) is 0 Å². The molecule has 1 aromatic carbocycles. The minimum Gasteiger partial charge on any atom is -0.346 e. The number of benzene rings is 1. The number of hydrogen-bond acceptors (Lipinski definition) is 5. The topological polar surface area (TPSA) is 54.3 Å². The molecule has 1 aliphatic heterocycles. The number of rotatable bonds is 3. The summed E-state index contributed by atoms with van der Waals surface area (Å²) in [5, 5.41) is 5.77. The number of hydrogen-bond donors (Lipinski definition) is 0. The fourth-order valence-corrected chi connectivity index (χ4v) is 5.72. The first-order valence-corrected chi connectivity index (χ1v) is 11.9. The van der Waals surface area contributed by atoms with Gasteiger partial charge in [-0.3, -0.25) is 4.79 Å². The van der Waals surface area contributed by atoms with Crippen molar-refractivity contribution in [1.29, 1.82) is 0 Å². The molecule has 158 valence electrons. The maximum absolute atomic E-state index is 12.8. The molecule has 1 saturated carbocycles. The van der Waals surface area contributed by atoms with Crippen LogP contribution in [0.4, 0.5) is 5.13 Å². The zero-order valence-corrected chi connectivity index (χ0v) is 18.6. The normalized spacial score (nSPS) is 18.3. The van der Waals surface area contributed by atoms with Crippen LogP contribution >= 0.6 is 11.3 Å². The summed E-state index contributed by atoms with van der Waals surface area (Å²) in [7, 11) is 0. The number of aromatic nitrogens is 3. The quantitative estimate of drug-likeness (QED) is 0.629. The van der Waals surface area contributed by atoms with Gasteiger partial charge in [0, 0.05) is 32.1 Å². The third-order valence-electron chi connectivity index (χ3n) is 6.44. The van der Waals surface area contributed by atoms with Crippen molar-refractivity contribution in [2.75, 3.05) is 31.1 Å². The van der Waals surface area contributed by atoms with Gasteiger partial charge >= 0.3 is 0 Å². The zero-order valence-electron chi connectivity index (χ0n) is 17.8. The number of carbonyl (C=O) groups excluding carboxylic acids is 1. The lowest BCUT2D eigenvalue weighted by Crippen LogP contribution is -2.38. The Bertz CT molecular complexity index is 1050. The van der Waals surface area contributed by atoms with Crippen molar-refractivity contribution in [3.63, 3.8) is 0 Å². The van der Waals surface area contributed by atoms with Crippen LogP contribution in [0.15, 0.2) is 24.3 Å². The smallest absolute Gasteiger partial charge is 0.225 e. The second-order valence-corrected chi connectivity index (χ2v) is 9.61. The molecule has 3 heterocycles. The monoisotopic (exact) mass is 423 g/mol. The average molecular weight is 424 g/mol. The summed E-state index contributed by atoms with van der Waals surface area (Å²) in [5.74, 6) is 0.645. The molecular weight excluding hydrogens is 394 g/mol. The number of amides is 1. The lowest BCUT2D eigenvalue weighted by Gasteiger charge is -2.24. The maximum atomic E-state index is 12.8. The Balaban J connectivity index is 1.36. The molecule has 2 aliphatic rings. The first kappa shape index (κ1) is 19.5. The molecule has 3 aromatic rings. The van der Waals surface area contributed by atoms with Crippen LogP contribution in [-0.2, 0) is 4.79 Å². The van der Waals surface area contributed by atoms with Gasteiger partial charge in [-0.2, -0.15) is 10.1 Å². The Kier molecular flexibility index (Phi) is 5.23. The van der Waals surface area contributed by atoms with Gasteiger partial charge in [-0.05, 0) is 45.2 Å². The number of thiazole rings is 1. The number of fused-ring (bicyclic) bond motifs is 1. The Morgan fingerprint density at radius 1 is 1.00 bits per heavy atom. The van der Waals surface area contributed by atoms with Crippen LogP contribution in [0.25, 0.3) is 16.0 Å². The predicted molar refractivity (Wildman–Crippen MR) is 122 cm³/mol. The van der Waals surface area contributed by atoms with Crippen molar-refractivity contribution in [3.8, 4) is 5.69 Å². The summed E-state index contributed by atoms with van der Waals surface area (Å²) in [5.41, 5.74) is 4.22. The number of nitrogens with zero attached hydrogens (tertiary/aromatic N) is 5. The minimum absolute atomic E-state index is 0.266. The van der Waals surface area contributed by atoms with Crippen LogP contribution < -0.4 is 4.90 Å². The number of aryl methyl sites for hydroxylation is 2. The molecule has 0 unspecified atom stereocenters. The lowest BCUT2D eigenvalue weighted by atomic mass is 10.1. The first-order chi connectivity index (χ1) is 14.6. The van der Waals surface area contributed by atoms with E-state index in [1.807, 2.05) is 4.68 Å². The minimum atomic E-state index is 0.266. The van der Waals surface area contributed by atoms with Crippen molar-refractivity contribution < 1.29 is 4.79 Å². The van der Waals surface area contributed by atoms with Crippen molar-refractivity contribution in [2.45, 2.75) is 46.0 Å². The van der Waals surface area contributed by atoms with Gasteiger partial charge in [0.1, 0.15) is 0 Å². The van der Waals surface area contributed by atoms with E-state index in [1.165, 1.54) is 18.4 Å². The van der Waals surface area contributed by atoms with E-state index in [0.717, 1.165) is 72.3 Å². The Hall–Kier alpha value is -2.41. The Morgan fingerprint density at radius 2 is 1.77 bits per heavy atom. The summed E-state index contributed by atoms with van der Waals surface area (Å²) < 4.78 is 3.10. The van der Waals surface area contributed by atoms with Crippen LogP contribution in [0.3, 0.4) is 0 Å². The summed E-state index contributed by atoms with van der Waals surface area (Å²) in [6.07, 6.45) is 5.56. The van der Waals surface area contributed by atoms with Gasteiger partial charge in [0.05, 0.1) is 16.1 Å². The highest BCUT2D eigenvalue weighted by atomic mass is 32.1. The van der Waals surface area contributed by atoms with Gasteiger partial charge in [-0.15, -0.1) is 0 Å². The molecule has 2 aromatic heterocycles. The fraction of sp³-hybridized carbons (Fsp3) is 0.522. The van der Waals surface area contributed by atoms with E-state index in [4.69, 9.17) is 10.1 Å². The molecule has 0 spiro atoms. The van der Waals surface area contributed by atoms with E-state index in [-0.39, 0.29) is 5.92 Å². The SMILES string of the molecule is Cc1ccc(-n2nc(C)c3sc(N4CCCN(C(=O)C5CCCC5)CC4)nc32)cc1. The fourth-order valence-electron chi connectivity index (χ4n) is 4.68.